The van der Waals surface area contributed by atoms with Gasteiger partial charge in [-0.25, -0.2) is 0 Å². The van der Waals surface area contributed by atoms with Gasteiger partial charge >= 0.3 is 0 Å². The van der Waals surface area contributed by atoms with Gasteiger partial charge in [0.15, 0.2) is 5.78 Å². The lowest BCUT2D eigenvalue weighted by atomic mass is 9.93. The van der Waals surface area contributed by atoms with Crippen molar-refractivity contribution in [2.75, 3.05) is 13.2 Å². The SMILES string of the molecule is CC(C)OCCCNC(=O)c1cc2c([nH]c1=O)CCCC2=O. The Balaban J connectivity index is 1.99. The standard InChI is InChI=1S/C16H22N2O4/c1-10(2)22-8-4-7-17-15(20)12-9-11-13(18-16(12)21)5-3-6-14(11)19/h9-10H,3-8H2,1-2H3,(H,17,20)(H,18,21). The molecule has 1 aliphatic rings. The summed E-state index contributed by atoms with van der Waals surface area (Å²) < 4.78 is 5.38. The minimum absolute atomic E-state index is 0.00113. The van der Waals surface area contributed by atoms with Crippen molar-refractivity contribution in [1.82, 2.24) is 10.3 Å². The number of ketones is 1. The highest BCUT2D eigenvalue weighted by atomic mass is 16.5. The molecule has 1 amide bonds. The van der Waals surface area contributed by atoms with Gasteiger partial charge in [0.2, 0.25) is 0 Å². The molecule has 0 radical (unpaired) electrons. The highest BCUT2D eigenvalue weighted by Crippen LogP contribution is 2.18. The Hall–Kier alpha value is -1.95. The van der Waals surface area contributed by atoms with Gasteiger partial charge in [-0.15, -0.1) is 0 Å². The van der Waals surface area contributed by atoms with Crippen molar-refractivity contribution < 1.29 is 14.3 Å². The number of H-pyrrole nitrogens is 1. The molecule has 0 saturated heterocycles. The van der Waals surface area contributed by atoms with Crippen LogP contribution in [-0.4, -0.2) is 35.9 Å². The highest BCUT2D eigenvalue weighted by molar-refractivity contribution is 6.01. The van der Waals surface area contributed by atoms with Crippen LogP contribution in [0.4, 0.5) is 0 Å². The van der Waals surface area contributed by atoms with E-state index >= 15 is 0 Å². The van der Waals surface area contributed by atoms with Crippen molar-refractivity contribution in [2.45, 2.75) is 45.6 Å². The molecule has 0 saturated carbocycles. The number of aromatic amines is 1. The zero-order chi connectivity index (χ0) is 16.1. The average Bonchev–Trinajstić information content (AvgIpc) is 2.46. The third kappa shape index (κ3) is 4.04. The fourth-order valence-electron chi connectivity index (χ4n) is 2.43. The Morgan fingerprint density at radius 1 is 1.36 bits per heavy atom. The van der Waals surface area contributed by atoms with E-state index in [4.69, 9.17) is 4.74 Å². The minimum Gasteiger partial charge on any atom is -0.379 e. The topological polar surface area (TPSA) is 88.3 Å². The first-order chi connectivity index (χ1) is 10.5. The zero-order valence-corrected chi connectivity index (χ0v) is 13.0. The Labute approximate surface area is 129 Å². The van der Waals surface area contributed by atoms with Crippen molar-refractivity contribution in [3.05, 3.63) is 33.2 Å². The van der Waals surface area contributed by atoms with Crippen LogP contribution in [0.1, 0.15) is 59.5 Å². The molecule has 0 atom stereocenters. The number of Topliss-reactive ketones (excluding diaryl/α,β-unsaturated/α-hetero) is 1. The number of nitrogens with one attached hydrogen (secondary N) is 2. The van der Waals surface area contributed by atoms with E-state index in [1.54, 1.807) is 0 Å². The van der Waals surface area contributed by atoms with Crippen molar-refractivity contribution >= 4 is 11.7 Å². The summed E-state index contributed by atoms with van der Waals surface area (Å²) in [6.07, 6.45) is 2.71. The largest absolute Gasteiger partial charge is 0.379 e. The highest BCUT2D eigenvalue weighted by Gasteiger charge is 2.21. The molecule has 1 aliphatic carbocycles. The molecule has 6 heteroatoms. The third-order valence-electron chi connectivity index (χ3n) is 3.56. The fraction of sp³-hybridized carbons (Fsp3) is 0.562. The van der Waals surface area contributed by atoms with E-state index in [1.165, 1.54) is 6.07 Å². The van der Waals surface area contributed by atoms with E-state index in [9.17, 15) is 14.4 Å². The van der Waals surface area contributed by atoms with E-state index in [0.29, 0.717) is 43.7 Å². The van der Waals surface area contributed by atoms with Crippen LogP contribution in [0.2, 0.25) is 0 Å². The Kier molecular flexibility index (Phi) is 5.49. The summed E-state index contributed by atoms with van der Waals surface area (Å²) in [5, 5.41) is 2.68. The number of ether oxygens (including phenoxy) is 1. The van der Waals surface area contributed by atoms with Crippen LogP contribution in [0.5, 0.6) is 0 Å². The molecule has 22 heavy (non-hydrogen) atoms. The zero-order valence-electron chi connectivity index (χ0n) is 13.0. The predicted molar refractivity (Wildman–Crippen MR) is 82.4 cm³/mol. The number of aromatic nitrogens is 1. The molecule has 6 nitrogen and oxygen atoms in total. The first-order valence-corrected chi connectivity index (χ1v) is 7.68. The van der Waals surface area contributed by atoms with Crippen molar-refractivity contribution in [2.24, 2.45) is 0 Å². The first kappa shape index (κ1) is 16.4. The molecular formula is C16H22N2O4. The number of amides is 1. The fourth-order valence-corrected chi connectivity index (χ4v) is 2.43. The Bertz CT molecular complexity index is 619. The van der Waals surface area contributed by atoms with Crippen LogP contribution >= 0.6 is 0 Å². The van der Waals surface area contributed by atoms with Gasteiger partial charge in [0.25, 0.3) is 11.5 Å². The van der Waals surface area contributed by atoms with Gasteiger partial charge in [-0.05, 0) is 39.2 Å². The molecule has 0 aromatic carbocycles. The number of hydrogen-bond donors (Lipinski definition) is 2. The van der Waals surface area contributed by atoms with Crippen LogP contribution in [0, 0.1) is 0 Å². The summed E-state index contributed by atoms with van der Waals surface area (Å²) in [7, 11) is 0. The smallest absolute Gasteiger partial charge is 0.261 e. The molecule has 0 bridgehead atoms. The van der Waals surface area contributed by atoms with Gasteiger partial charge in [0, 0.05) is 30.8 Å². The number of aryl methyl sites for hydroxylation is 1. The molecule has 120 valence electrons. The second-order valence-electron chi connectivity index (χ2n) is 5.71. The Morgan fingerprint density at radius 3 is 2.86 bits per heavy atom. The van der Waals surface area contributed by atoms with E-state index in [1.807, 2.05) is 13.8 Å². The predicted octanol–water partition coefficient (Wildman–Crippen LogP) is 1.44. The second kappa shape index (κ2) is 7.35. The van der Waals surface area contributed by atoms with Gasteiger partial charge in [0.1, 0.15) is 5.56 Å². The lowest BCUT2D eigenvalue weighted by Gasteiger charge is -2.15. The number of carbonyl (C=O) groups excluding carboxylic acids is 2. The lowest BCUT2D eigenvalue weighted by molar-refractivity contribution is 0.0757. The number of carbonyl (C=O) groups is 2. The number of pyridine rings is 1. The molecule has 0 aliphatic heterocycles. The molecule has 0 spiro atoms. The molecule has 0 fully saturated rings. The summed E-state index contributed by atoms with van der Waals surface area (Å²) in [5.41, 5.74) is 0.672. The van der Waals surface area contributed by atoms with Gasteiger partial charge in [-0.3, -0.25) is 14.4 Å². The number of hydrogen-bond acceptors (Lipinski definition) is 4. The first-order valence-electron chi connectivity index (χ1n) is 7.68. The molecule has 2 N–H and O–H groups in total. The van der Waals surface area contributed by atoms with E-state index < -0.39 is 11.5 Å². The second-order valence-corrected chi connectivity index (χ2v) is 5.71. The Morgan fingerprint density at radius 2 is 2.14 bits per heavy atom. The summed E-state index contributed by atoms with van der Waals surface area (Å²) in [5.74, 6) is -0.469. The monoisotopic (exact) mass is 306 g/mol. The van der Waals surface area contributed by atoms with Gasteiger partial charge in [0.05, 0.1) is 6.10 Å². The van der Waals surface area contributed by atoms with Crippen LogP contribution in [0.15, 0.2) is 10.9 Å². The van der Waals surface area contributed by atoms with Crippen LogP contribution in [0.3, 0.4) is 0 Å². The van der Waals surface area contributed by atoms with E-state index in [0.717, 1.165) is 6.42 Å². The molecule has 1 aromatic heterocycles. The lowest BCUT2D eigenvalue weighted by Crippen LogP contribution is -2.32. The van der Waals surface area contributed by atoms with E-state index in [2.05, 4.69) is 10.3 Å². The maximum absolute atomic E-state index is 12.1. The summed E-state index contributed by atoms with van der Waals surface area (Å²) in [4.78, 5) is 38.6. The van der Waals surface area contributed by atoms with Gasteiger partial charge in [-0.1, -0.05) is 0 Å². The van der Waals surface area contributed by atoms with Crippen LogP contribution in [-0.2, 0) is 11.2 Å². The van der Waals surface area contributed by atoms with Crippen LogP contribution in [0.25, 0.3) is 0 Å². The van der Waals surface area contributed by atoms with Crippen LogP contribution < -0.4 is 10.9 Å². The van der Waals surface area contributed by atoms with E-state index in [-0.39, 0.29) is 17.5 Å². The number of fused-ring (bicyclic) bond motifs is 1. The minimum atomic E-state index is -0.452. The summed E-state index contributed by atoms with van der Waals surface area (Å²) in [6, 6.07) is 1.43. The van der Waals surface area contributed by atoms with Crippen molar-refractivity contribution in [3.63, 3.8) is 0 Å². The van der Waals surface area contributed by atoms with Gasteiger partial charge < -0.3 is 15.0 Å². The normalized spacial score (nSPS) is 14.0. The van der Waals surface area contributed by atoms with Crippen molar-refractivity contribution in [1.29, 1.82) is 0 Å². The molecule has 1 aromatic rings. The summed E-state index contributed by atoms with van der Waals surface area (Å²) >= 11 is 0. The molecular weight excluding hydrogens is 284 g/mol. The molecule has 2 rings (SSSR count). The number of rotatable bonds is 6. The van der Waals surface area contributed by atoms with Gasteiger partial charge in [-0.2, -0.15) is 0 Å². The third-order valence-corrected chi connectivity index (χ3v) is 3.56. The summed E-state index contributed by atoms with van der Waals surface area (Å²) in [6.45, 7) is 4.87. The van der Waals surface area contributed by atoms with Crippen molar-refractivity contribution in [3.8, 4) is 0 Å². The average molecular weight is 306 g/mol. The maximum Gasteiger partial charge on any atom is 0.261 e. The molecule has 1 heterocycles. The molecule has 0 unspecified atom stereocenters. The quantitative estimate of drug-likeness (QED) is 0.778. The maximum atomic E-state index is 12.1.